The van der Waals surface area contributed by atoms with E-state index in [1.165, 1.54) is 18.2 Å². The van der Waals surface area contributed by atoms with Crippen molar-refractivity contribution in [1.82, 2.24) is 19.4 Å². The number of carbonyl (C=O) groups excluding carboxylic acids is 1. The van der Waals surface area contributed by atoms with Gasteiger partial charge in [-0.1, -0.05) is 80.6 Å². The molecule has 1 heterocycles. The van der Waals surface area contributed by atoms with Crippen molar-refractivity contribution >= 4 is 16.8 Å². The van der Waals surface area contributed by atoms with E-state index in [1.54, 1.807) is 51.9 Å². The second kappa shape index (κ2) is 15.4. The molecule has 0 atom stereocenters. The van der Waals surface area contributed by atoms with Crippen molar-refractivity contribution in [3.05, 3.63) is 136 Å². The van der Waals surface area contributed by atoms with Crippen LogP contribution in [0.3, 0.4) is 0 Å². The minimum Gasteiger partial charge on any atom is -0.336 e. The maximum atomic E-state index is 14.4. The Kier molecular flexibility index (Phi) is 11.1. The minimum absolute atomic E-state index is 0.0672. The van der Waals surface area contributed by atoms with Gasteiger partial charge in [-0.2, -0.15) is 18.2 Å². The van der Waals surface area contributed by atoms with Gasteiger partial charge in [0.05, 0.1) is 16.5 Å². The first-order chi connectivity index (χ1) is 23.1. The van der Waals surface area contributed by atoms with E-state index in [0.717, 1.165) is 36.3 Å². The number of aryl methyl sites for hydroxylation is 2. The van der Waals surface area contributed by atoms with Crippen LogP contribution in [-0.4, -0.2) is 51.4 Å². The number of rotatable bonds is 13. The topological polar surface area (TPSA) is 58.4 Å². The lowest BCUT2D eigenvalue weighted by atomic mass is 10.0. The van der Waals surface area contributed by atoms with E-state index < -0.39 is 17.3 Å². The number of nitrogens with zero attached hydrogens (tertiary/aromatic N) is 4. The summed E-state index contributed by atoms with van der Waals surface area (Å²) in [4.78, 5) is 35.5. The Bertz CT molecular complexity index is 1900. The molecule has 0 fully saturated rings. The van der Waals surface area contributed by atoms with Crippen molar-refractivity contribution in [3.8, 4) is 11.1 Å². The largest absolute Gasteiger partial charge is 0.416 e. The zero-order valence-corrected chi connectivity index (χ0v) is 27.0. The van der Waals surface area contributed by atoms with E-state index in [-0.39, 0.29) is 24.7 Å². The van der Waals surface area contributed by atoms with Gasteiger partial charge in [-0.05, 0) is 72.1 Å². The van der Waals surface area contributed by atoms with Crippen molar-refractivity contribution < 1.29 is 22.4 Å². The van der Waals surface area contributed by atoms with E-state index >= 15 is 0 Å². The molecular weight excluding hydrogens is 620 g/mol. The Morgan fingerprint density at radius 2 is 1.42 bits per heavy atom. The second-order valence-corrected chi connectivity index (χ2v) is 11.6. The molecule has 0 aliphatic heterocycles. The molecule has 0 aliphatic carbocycles. The summed E-state index contributed by atoms with van der Waals surface area (Å²) in [6.07, 6.45) is -3.83. The molecule has 48 heavy (non-hydrogen) atoms. The molecule has 1 aromatic heterocycles. The fraction of sp³-hybridized carbons (Fsp3) is 0.289. The average molecular weight is 659 g/mol. The molecule has 1 amide bonds. The highest BCUT2D eigenvalue weighted by Gasteiger charge is 2.30. The van der Waals surface area contributed by atoms with Crippen LogP contribution in [-0.2, 0) is 36.9 Å². The van der Waals surface area contributed by atoms with Gasteiger partial charge in [0, 0.05) is 26.1 Å². The van der Waals surface area contributed by atoms with E-state index in [9.17, 15) is 27.2 Å². The van der Waals surface area contributed by atoms with Crippen LogP contribution in [0.1, 0.15) is 36.4 Å². The second-order valence-electron chi connectivity index (χ2n) is 11.6. The first kappa shape index (κ1) is 34.5. The summed E-state index contributed by atoms with van der Waals surface area (Å²) < 4.78 is 55.3. The SMILES string of the molecule is CCN(CC)CCN(Cc1ccc(-c2ccc(C(F)(F)F)cc2)cc1)C(=O)Cn1c(CCc2ccccc2F)nc(=O)c2ccccc21. The maximum Gasteiger partial charge on any atom is 0.416 e. The number of aromatic nitrogens is 2. The van der Waals surface area contributed by atoms with Crippen LogP contribution >= 0.6 is 0 Å². The summed E-state index contributed by atoms with van der Waals surface area (Å²) in [5.74, 6) is -0.105. The molecule has 0 radical (unpaired) electrons. The molecule has 6 nitrogen and oxygen atoms in total. The fourth-order valence-electron chi connectivity index (χ4n) is 5.79. The number of alkyl halides is 3. The Balaban J connectivity index is 1.41. The van der Waals surface area contributed by atoms with Gasteiger partial charge in [0.15, 0.2) is 0 Å². The Labute approximate surface area is 277 Å². The molecule has 0 bridgehead atoms. The summed E-state index contributed by atoms with van der Waals surface area (Å²) in [5.41, 5.74) is 2.26. The van der Waals surface area contributed by atoms with Crippen molar-refractivity contribution in [2.75, 3.05) is 26.2 Å². The molecule has 0 spiro atoms. The summed E-state index contributed by atoms with van der Waals surface area (Å²) in [6.45, 7) is 7.14. The van der Waals surface area contributed by atoms with E-state index in [4.69, 9.17) is 0 Å². The highest BCUT2D eigenvalue weighted by Crippen LogP contribution is 2.31. The van der Waals surface area contributed by atoms with E-state index in [0.29, 0.717) is 53.9 Å². The van der Waals surface area contributed by atoms with Gasteiger partial charge < -0.3 is 14.4 Å². The quantitative estimate of drug-likeness (QED) is 0.124. The van der Waals surface area contributed by atoms with Gasteiger partial charge in [-0.15, -0.1) is 0 Å². The number of benzene rings is 4. The lowest BCUT2D eigenvalue weighted by molar-refractivity contribution is -0.137. The van der Waals surface area contributed by atoms with Crippen LogP contribution in [0.2, 0.25) is 0 Å². The zero-order valence-electron chi connectivity index (χ0n) is 27.0. The standard InChI is InChI=1S/C38H38F4N4O2/c1-3-44(4-2)23-24-45(25-27-13-15-28(16-14-27)29-17-20-31(21-18-29)38(40,41)42)36(47)26-46-34-12-8-6-10-32(34)37(48)43-35(46)22-19-30-9-5-7-11-33(30)39/h5-18,20-21H,3-4,19,22-26H2,1-2H3. The van der Waals surface area contributed by atoms with Crippen LogP contribution in [0.5, 0.6) is 0 Å². The third-order valence-electron chi connectivity index (χ3n) is 8.64. The number of carbonyl (C=O) groups is 1. The summed E-state index contributed by atoms with van der Waals surface area (Å²) in [6, 6.07) is 26.0. The lowest BCUT2D eigenvalue weighted by Gasteiger charge is -2.28. The van der Waals surface area contributed by atoms with E-state index in [2.05, 4.69) is 23.7 Å². The molecule has 5 rings (SSSR count). The Morgan fingerprint density at radius 3 is 2.06 bits per heavy atom. The van der Waals surface area contributed by atoms with Gasteiger partial charge in [0.2, 0.25) is 5.91 Å². The van der Waals surface area contributed by atoms with Crippen molar-refractivity contribution in [2.24, 2.45) is 0 Å². The van der Waals surface area contributed by atoms with Crippen molar-refractivity contribution in [3.63, 3.8) is 0 Å². The van der Waals surface area contributed by atoms with Crippen molar-refractivity contribution in [1.29, 1.82) is 0 Å². The van der Waals surface area contributed by atoms with Gasteiger partial charge in [0.25, 0.3) is 5.56 Å². The van der Waals surface area contributed by atoms with Gasteiger partial charge in [-0.3, -0.25) is 9.59 Å². The number of para-hydroxylation sites is 1. The monoisotopic (exact) mass is 658 g/mol. The van der Waals surface area contributed by atoms with Crippen molar-refractivity contribution in [2.45, 2.75) is 46.0 Å². The molecule has 250 valence electrons. The first-order valence-electron chi connectivity index (χ1n) is 16.1. The predicted octanol–water partition coefficient (Wildman–Crippen LogP) is 7.38. The summed E-state index contributed by atoms with van der Waals surface area (Å²) >= 11 is 0. The predicted molar refractivity (Wildman–Crippen MR) is 180 cm³/mol. The number of hydrogen-bond acceptors (Lipinski definition) is 4. The molecule has 0 N–H and O–H groups in total. The molecule has 0 unspecified atom stereocenters. The highest BCUT2D eigenvalue weighted by atomic mass is 19.4. The molecule has 10 heteroatoms. The van der Waals surface area contributed by atoms with E-state index in [1.807, 2.05) is 24.3 Å². The number of likely N-dealkylation sites (N-methyl/N-ethyl adjacent to an activating group) is 1. The number of halogens is 4. The fourth-order valence-corrected chi connectivity index (χ4v) is 5.79. The number of fused-ring (bicyclic) bond motifs is 1. The summed E-state index contributed by atoms with van der Waals surface area (Å²) in [5, 5.41) is 0.397. The lowest BCUT2D eigenvalue weighted by Crippen LogP contribution is -2.40. The normalized spacial score (nSPS) is 11.7. The molecule has 0 saturated heterocycles. The minimum atomic E-state index is -4.40. The van der Waals surface area contributed by atoms with Gasteiger partial charge in [-0.25, -0.2) is 4.39 Å². The smallest absolute Gasteiger partial charge is 0.336 e. The Morgan fingerprint density at radius 1 is 0.792 bits per heavy atom. The van der Waals surface area contributed by atoms with Crippen LogP contribution in [0.25, 0.3) is 22.0 Å². The maximum absolute atomic E-state index is 14.4. The molecule has 0 saturated carbocycles. The highest BCUT2D eigenvalue weighted by molar-refractivity contribution is 5.82. The van der Waals surface area contributed by atoms with Crippen LogP contribution in [0, 0.1) is 5.82 Å². The van der Waals surface area contributed by atoms with Crippen LogP contribution in [0.15, 0.2) is 102 Å². The third kappa shape index (κ3) is 8.36. The average Bonchev–Trinajstić information content (AvgIpc) is 3.09. The van der Waals surface area contributed by atoms with Gasteiger partial charge in [0.1, 0.15) is 18.2 Å². The molecule has 4 aromatic carbocycles. The zero-order chi connectivity index (χ0) is 34.3. The number of hydrogen-bond donors (Lipinski definition) is 0. The molecule has 5 aromatic rings. The van der Waals surface area contributed by atoms with Gasteiger partial charge >= 0.3 is 6.18 Å². The first-order valence-corrected chi connectivity index (χ1v) is 16.1. The third-order valence-corrected chi connectivity index (χ3v) is 8.64. The van der Waals surface area contributed by atoms with Crippen LogP contribution < -0.4 is 5.56 Å². The molecular formula is C38H38F4N4O2. The van der Waals surface area contributed by atoms with Crippen LogP contribution in [0.4, 0.5) is 17.6 Å². The summed E-state index contributed by atoms with van der Waals surface area (Å²) in [7, 11) is 0. The molecule has 0 aliphatic rings. The number of amides is 1. The Hall–Kier alpha value is -4.83.